The maximum atomic E-state index is 11.5. The molecule has 4 aliphatic rings. The van der Waals surface area contributed by atoms with E-state index in [1.807, 2.05) is 0 Å². The number of urea groups is 2. The fraction of sp³-hybridized carbons (Fsp3) is 0.562. The first-order valence-corrected chi connectivity index (χ1v) is 14.7. The summed E-state index contributed by atoms with van der Waals surface area (Å²) >= 11 is 0. The Hall–Kier alpha value is -3.10. The van der Waals surface area contributed by atoms with E-state index in [0.29, 0.717) is 23.9 Å². The van der Waals surface area contributed by atoms with Crippen LogP contribution in [-0.4, -0.2) is 86.3 Å². The van der Waals surface area contributed by atoms with Crippen LogP contribution in [0.3, 0.4) is 0 Å². The Morgan fingerprint density at radius 3 is 1.30 bits per heavy atom. The average molecular weight is 547 g/mol. The van der Waals surface area contributed by atoms with Crippen molar-refractivity contribution in [1.29, 1.82) is 0 Å². The van der Waals surface area contributed by atoms with Crippen LogP contribution in [0.15, 0.2) is 60.7 Å². The van der Waals surface area contributed by atoms with Crippen LogP contribution in [0.25, 0.3) is 0 Å². The predicted molar refractivity (Wildman–Crippen MR) is 160 cm³/mol. The van der Waals surface area contributed by atoms with Gasteiger partial charge in [0.2, 0.25) is 0 Å². The number of carbonyl (C=O) groups excluding carboxylic acids is 2. The monoisotopic (exact) mass is 546 g/mol. The van der Waals surface area contributed by atoms with Crippen LogP contribution < -0.4 is 21.3 Å². The van der Waals surface area contributed by atoms with Crippen LogP contribution >= 0.6 is 0 Å². The molecule has 40 heavy (non-hydrogen) atoms. The SMILES string of the molecule is CN(C)[C@@H]1CC[C@@]2(CNC(=O)N2)CC1c1ccccc1.CN(C)[C@H]1CC[C@]2(CNC(=O)N2)CC1c1ccccc1. The summed E-state index contributed by atoms with van der Waals surface area (Å²) in [5.74, 6) is 0.945. The van der Waals surface area contributed by atoms with Gasteiger partial charge in [0.05, 0.1) is 11.1 Å². The van der Waals surface area contributed by atoms with Crippen LogP contribution in [-0.2, 0) is 0 Å². The van der Waals surface area contributed by atoms with Crippen LogP contribution in [0.4, 0.5) is 9.59 Å². The van der Waals surface area contributed by atoms with Crippen molar-refractivity contribution >= 4 is 12.1 Å². The molecule has 0 radical (unpaired) electrons. The van der Waals surface area contributed by atoms with Gasteiger partial charge in [-0.3, -0.25) is 0 Å². The minimum Gasteiger partial charge on any atom is -0.336 e. The molecule has 4 amide bonds. The van der Waals surface area contributed by atoms with Crippen LogP contribution in [0, 0.1) is 0 Å². The molecule has 2 saturated carbocycles. The zero-order valence-corrected chi connectivity index (χ0v) is 24.5. The number of benzene rings is 2. The average Bonchev–Trinajstić information content (AvgIpc) is 3.50. The molecular weight excluding hydrogens is 500 g/mol. The molecule has 6 rings (SSSR count). The fourth-order valence-corrected chi connectivity index (χ4v) is 7.59. The molecule has 0 bridgehead atoms. The van der Waals surface area contributed by atoms with Gasteiger partial charge in [-0.25, -0.2) is 9.59 Å². The quantitative estimate of drug-likeness (QED) is 0.469. The third-order valence-electron chi connectivity index (χ3n) is 9.70. The van der Waals surface area contributed by atoms with E-state index < -0.39 is 0 Å². The Bertz CT molecular complexity index is 1070. The van der Waals surface area contributed by atoms with Crippen molar-refractivity contribution in [3.8, 4) is 0 Å². The molecule has 2 heterocycles. The zero-order valence-electron chi connectivity index (χ0n) is 24.5. The first kappa shape index (κ1) is 28.4. The lowest BCUT2D eigenvalue weighted by atomic mass is 9.70. The van der Waals surface area contributed by atoms with Crippen molar-refractivity contribution in [3.05, 3.63) is 71.8 Å². The summed E-state index contributed by atoms with van der Waals surface area (Å²) in [5.41, 5.74) is 2.66. The number of hydrogen-bond donors (Lipinski definition) is 4. The summed E-state index contributed by atoms with van der Waals surface area (Å²) in [6.07, 6.45) is 6.37. The molecule has 2 saturated heterocycles. The van der Waals surface area contributed by atoms with Gasteiger partial charge in [-0.05, 0) is 77.8 Å². The predicted octanol–water partition coefficient (Wildman–Crippen LogP) is 3.87. The highest BCUT2D eigenvalue weighted by molar-refractivity contribution is 5.78. The molecule has 0 aromatic heterocycles. The molecule has 216 valence electrons. The fourth-order valence-electron chi connectivity index (χ4n) is 7.59. The van der Waals surface area contributed by atoms with Gasteiger partial charge in [0.25, 0.3) is 0 Å². The van der Waals surface area contributed by atoms with Crippen molar-refractivity contribution < 1.29 is 9.59 Å². The minimum atomic E-state index is -0.0515. The van der Waals surface area contributed by atoms with Crippen molar-refractivity contribution in [2.24, 2.45) is 0 Å². The van der Waals surface area contributed by atoms with Gasteiger partial charge in [-0.15, -0.1) is 0 Å². The van der Waals surface area contributed by atoms with E-state index in [1.54, 1.807) is 0 Å². The van der Waals surface area contributed by atoms with Gasteiger partial charge in [-0.1, -0.05) is 60.7 Å². The number of nitrogens with one attached hydrogen (secondary N) is 4. The topological polar surface area (TPSA) is 88.7 Å². The zero-order chi connectivity index (χ0) is 28.3. The van der Waals surface area contributed by atoms with E-state index in [4.69, 9.17) is 0 Å². The number of rotatable bonds is 4. The second-order valence-corrected chi connectivity index (χ2v) is 12.8. The summed E-state index contributed by atoms with van der Waals surface area (Å²) in [6, 6.07) is 22.5. The second kappa shape index (κ2) is 11.8. The van der Waals surface area contributed by atoms with Gasteiger partial charge in [0, 0.05) is 37.0 Å². The number of likely N-dealkylation sites (N-methyl/N-ethyl adjacent to an activating group) is 2. The van der Waals surface area contributed by atoms with Gasteiger partial charge in [0.15, 0.2) is 0 Å². The van der Waals surface area contributed by atoms with E-state index in [9.17, 15) is 9.59 Å². The summed E-state index contributed by atoms with van der Waals surface area (Å²) in [5, 5.41) is 12.2. The lowest BCUT2D eigenvalue weighted by molar-refractivity contribution is 0.141. The highest BCUT2D eigenvalue weighted by Gasteiger charge is 2.47. The molecule has 2 aromatic carbocycles. The van der Waals surface area contributed by atoms with Crippen molar-refractivity contribution in [2.45, 2.75) is 73.5 Å². The van der Waals surface area contributed by atoms with Crippen LogP contribution in [0.5, 0.6) is 0 Å². The Balaban J connectivity index is 0.000000161. The molecule has 2 spiro atoms. The third kappa shape index (κ3) is 6.13. The molecule has 2 aromatic rings. The Kier molecular flexibility index (Phi) is 8.38. The first-order chi connectivity index (χ1) is 19.2. The third-order valence-corrected chi connectivity index (χ3v) is 9.70. The lowest BCUT2D eigenvalue weighted by Crippen LogP contribution is -2.52. The summed E-state index contributed by atoms with van der Waals surface area (Å²) in [7, 11) is 8.63. The lowest BCUT2D eigenvalue weighted by Gasteiger charge is -2.44. The molecule has 2 unspecified atom stereocenters. The molecule has 2 aliphatic carbocycles. The molecule has 2 aliphatic heterocycles. The molecule has 8 nitrogen and oxygen atoms in total. The minimum absolute atomic E-state index is 0.0138. The second-order valence-electron chi connectivity index (χ2n) is 12.8. The molecular formula is C32H46N6O2. The van der Waals surface area contributed by atoms with Gasteiger partial charge >= 0.3 is 12.1 Å². The number of amides is 4. The molecule has 8 heteroatoms. The van der Waals surface area contributed by atoms with Crippen LogP contribution in [0.2, 0.25) is 0 Å². The summed E-state index contributed by atoms with van der Waals surface area (Å²) < 4.78 is 0. The highest BCUT2D eigenvalue weighted by atomic mass is 16.2. The van der Waals surface area contributed by atoms with Crippen molar-refractivity contribution in [1.82, 2.24) is 31.1 Å². The maximum Gasteiger partial charge on any atom is 0.315 e. The largest absolute Gasteiger partial charge is 0.336 e. The summed E-state index contributed by atoms with van der Waals surface area (Å²) in [6.45, 7) is 1.52. The van der Waals surface area contributed by atoms with Crippen LogP contribution in [0.1, 0.15) is 61.5 Å². The van der Waals surface area contributed by atoms with E-state index in [1.165, 1.54) is 11.1 Å². The van der Waals surface area contributed by atoms with E-state index in [2.05, 4.69) is 120 Å². The number of nitrogens with zero attached hydrogens (tertiary/aromatic N) is 2. The Morgan fingerprint density at radius 1 is 0.625 bits per heavy atom. The van der Waals surface area contributed by atoms with Crippen molar-refractivity contribution in [3.63, 3.8) is 0 Å². The van der Waals surface area contributed by atoms with E-state index >= 15 is 0 Å². The highest BCUT2D eigenvalue weighted by Crippen LogP contribution is 2.42. The standard InChI is InChI=1S/2C16H23N3O/c2*1-19(2)14-8-9-16(11-17-15(20)18-16)10-13(14)12-6-4-3-5-7-12/h2*3-7,13-14H,8-11H2,1-2H3,(H2,17,18,20)/t2*13?,14-,16+/m10/s1. The number of carbonyl (C=O) groups is 2. The van der Waals surface area contributed by atoms with Gasteiger partial charge in [-0.2, -0.15) is 0 Å². The van der Waals surface area contributed by atoms with Gasteiger partial charge in [0.1, 0.15) is 0 Å². The van der Waals surface area contributed by atoms with Crippen molar-refractivity contribution in [2.75, 3.05) is 41.3 Å². The smallest absolute Gasteiger partial charge is 0.315 e. The first-order valence-electron chi connectivity index (χ1n) is 14.7. The molecule has 4 N–H and O–H groups in total. The van der Waals surface area contributed by atoms with E-state index in [-0.39, 0.29) is 23.1 Å². The van der Waals surface area contributed by atoms with Gasteiger partial charge < -0.3 is 31.1 Å². The normalized spacial score (nSPS) is 33.2. The Morgan fingerprint density at radius 2 is 1.00 bits per heavy atom. The Labute approximate surface area is 239 Å². The van der Waals surface area contributed by atoms with E-state index in [0.717, 1.165) is 51.6 Å². The molecule has 4 fully saturated rings. The molecule has 6 atom stereocenters. The summed E-state index contributed by atoms with van der Waals surface area (Å²) in [4.78, 5) is 27.7. The number of hydrogen-bond acceptors (Lipinski definition) is 4. The maximum absolute atomic E-state index is 11.5.